The molecule has 1 aliphatic rings. The number of nitrogens with one attached hydrogen (secondary N) is 2. The first-order valence-corrected chi connectivity index (χ1v) is 14.9. The Labute approximate surface area is 274 Å². The summed E-state index contributed by atoms with van der Waals surface area (Å²) in [5, 5.41) is 10.2. The number of carbonyl (C=O) groups is 4. The molecule has 0 unspecified atom stereocenters. The van der Waals surface area contributed by atoms with Gasteiger partial charge in [-0.1, -0.05) is 43.0 Å². The number of rotatable bonds is 9. The van der Waals surface area contributed by atoms with Crippen molar-refractivity contribution in [1.29, 1.82) is 0 Å². The fraction of sp³-hybridized carbons (Fsp3) is 0.229. The predicted molar refractivity (Wildman–Crippen MR) is 172 cm³/mol. The van der Waals surface area contributed by atoms with E-state index in [1.165, 1.54) is 18.1 Å². The number of alkyl halides is 3. The molecule has 13 heteroatoms. The van der Waals surface area contributed by atoms with E-state index in [-0.39, 0.29) is 24.1 Å². The molecule has 0 saturated carbocycles. The molecular weight excluding hydrogens is 627 g/mol. The molecule has 2 atom stereocenters. The van der Waals surface area contributed by atoms with Crippen LogP contribution in [0.4, 0.5) is 24.7 Å². The summed E-state index contributed by atoms with van der Waals surface area (Å²) in [7, 11) is 1.19. The smallest absolute Gasteiger partial charge is 0.416 e. The molecule has 2 heterocycles. The number of aromatic nitrogens is 2. The van der Waals surface area contributed by atoms with E-state index < -0.39 is 47.4 Å². The largest absolute Gasteiger partial charge is 0.469 e. The van der Waals surface area contributed by atoms with Crippen LogP contribution in [0.5, 0.6) is 0 Å². The van der Waals surface area contributed by atoms with E-state index in [2.05, 4.69) is 21.9 Å². The van der Waals surface area contributed by atoms with Crippen molar-refractivity contribution in [3.63, 3.8) is 0 Å². The third kappa shape index (κ3) is 6.70. The number of ether oxygens (including phenoxy) is 1. The summed E-state index contributed by atoms with van der Waals surface area (Å²) in [5.41, 5.74) is 1.34. The average Bonchev–Trinajstić information content (AvgIpc) is 3.41. The maximum atomic E-state index is 14.3. The molecule has 5 rings (SSSR count). The second kappa shape index (κ2) is 13.6. The van der Waals surface area contributed by atoms with Gasteiger partial charge in [0, 0.05) is 34.9 Å². The monoisotopic (exact) mass is 659 g/mol. The molecule has 48 heavy (non-hydrogen) atoms. The van der Waals surface area contributed by atoms with Gasteiger partial charge in [-0.3, -0.25) is 24.1 Å². The Bertz CT molecular complexity index is 1900. The van der Waals surface area contributed by atoms with Gasteiger partial charge in [0.15, 0.2) is 0 Å². The van der Waals surface area contributed by atoms with E-state index in [9.17, 15) is 32.3 Å². The lowest BCUT2D eigenvalue weighted by Crippen LogP contribution is -2.55. The standard InChI is InChI=1S/C35H32F3N5O5/c1-5-42-33-28(21(3)41-43(33)26-15-7-6-8-16-26)29(22-11-10-14-25(19-22)39-31(45)20(2)17-27(44)48-4)30(34(42)47)40-32(46)23-12-9-13-24(18-23)35(36,37)38/h6-16,18-19,29-30H,2,5,17H2,1,3-4H3,(H,39,45)(H,40,46)/t29-,30+/m1/s1. The van der Waals surface area contributed by atoms with Gasteiger partial charge in [-0.05, 0) is 61.9 Å². The van der Waals surface area contributed by atoms with Crippen LogP contribution in [-0.4, -0.2) is 53.2 Å². The van der Waals surface area contributed by atoms with Gasteiger partial charge in [-0.2, -0.15) is 18.3 Å². The van der Waals surface area contributed by atoms with Crippen LogP contribution in [0, 0.1) is 6.92 Å². The van der Waals surface area contributed by atoms with Crippen LogP contribution in [0.1, 0.15) is 52.0 Å². The van der Waals surface area contributed by atoms with E-state index in [0.29, 0.717) is 34.0 Å². The number of nitrogens with zero attached hydrogens (tertiary/aromatic N) is 3. The molecule has 3 aromatic carbocycles. The highest BCUT2D eigenvalue weighted by Gasteiger charge is 2.45. The Morgan fingerprint density at radius 3 is 2.38 bits per heavy atom. The fourth-order valence-corrected chi connectivity index (χ4v) is 5.71. The lowest BCUT2D eigenvalue weighted by atomic mass is 9.81. The van der Waals surface area contributed by atoms with Crippen LogP contribution >= 0.6 is 0 Å². The van der Waals surface area contributed by atoms with Crippen molar-refractivity contribution in [3.05, 3.63) is 119 Å². The lowest BCUT2D eigenvalue weighted by Gasteiger charge is -2.38. The fourth-order valence-electron chi connectivity index (χ4n) is 5.71. The van der Waals surface area contributed by atoms with Crippen LogP contribution < -0.4 is 15.5 Å². The molecule has 248 valence electrons. The number of hydrogen-bond donors (Lipinski definition) is 2. The molecule has 0 spiro atoms. The predicted octanol–water partition coefficient (Wildman–Crippen LogP) is 5.55. The number of carbonyl (C=O) groups excluding carboxylic acids is 4. The summed E-state index contributed by atoms with van der Waals surface area (Å²) in [6, 6.07) is 18.4. The van der Waals surface area contributed by atoms with Gasteiger partial charge >= 0.3 is 12.1 Å². The zero-order valence-electron chi connectivity index (χ0n) is 26.3. The number of benzene rings is 3. The van der Waals surface area contributed by atoms with Crippen LogP contribution in [0.15, 0.2) is 91.0 Å². The first-order chi connectivity index (χ1) is 22.8. The zero-order valence-corrected chi connectivity index (χ0v) is 26.3. The Morgan fingerprint density at radius 2 is 1.71 bits per heavy atom. The minimum Gasteiger partial charge on any atom is -0.469 e. The van der Waals surface area contributed by atoms with Gasteiger partial charge in [0.1, 0.15) is 11.9 Å². The molecule has 1 aliphatic heterocycles. The SMILES string of the molecule is C=C(CC(=O)OC)C(=O)Nc1cccc([C@@H]2c3c(C)nn(-c4ccccc4)c3N(CC)C(=O)[C@H]2NC(=O)c2cccc(C(F)(F)F)c2)c1. The molecule has 4 aromatic rings. The van der Waals surface area contributed by atoms with Crippen molar-refractivity contribution >= 4 is 35.2 Å². The van der Waals surface area contributed by atoms with Crippen LogP contribution in [0.3, 0.4) is 0 Å². The van der Waals surface area contributed by atoms with E-state index in [4.69, 9.17) is 5.10 Å². The minimum atomic E-state index is -4.68. The van der Waals surface area contributed by atoms with E-state index >= 15 is 0 Å². The summed E-state index contributed by atoms with van der Waals surface area (Å²) < 4.78 is 46.7. The highest BCUT2D eigenvalue weighted by molar-refractivity contribution is 6.07. The molecule has 2 N–H and O–H groups in total. The number of halogens is 3. The number of anilines is 2. The minimum absolute atomic E-state index is 0.0350. The number of amides is 3. The normalized spacial score (nSPS) is 15.8. The molecule has 0 bridgehead atoms. The van der Waals surface area contributed by atoms with Crippen molar-refractivity contribution < 1.29 is 37.1 Å². The van der Waals surface area contributed by atoms with Gasteiger partial charge in [-0.15, -0.1) is 0 Å². The van der Waals surface area contributed by atoms with Gasteiger partial charge in [0.25, 0.3) is 17.7 Å². The van der Waals surface area contributed by atoms with Crippen molar-refractivity contribution in [1.82, 2.24) is 15.1 Å². The third-order valence-electron chi connectivity index (χ3n) is 7.98. The van der Waals surface area contributed by atoms with Gasteiger partial charge in [-0.25, -0.2) is 4.68 Å². The molecule has 0 fully saturated rings. The Balaban J connectivity index is 1.62. The van der Waals surface area contributed by atoms with Crippen molar-refractivity contribution in [3.8, 4) is 5.69 Å². The number of likely N-dealkylation sites (N-methyl/N-ethyl adjacent to an activating group) is 1. The molecule has 0 saturated heterocycles. The lowest BCUT2D eigenvalue weighted by molar-refractivity contribution is -0.140. The zero-order chi connectivity index (χ0) is 34.7. The molecule has 1 aromatic heterocycles. The van der Waals surface area contributed by atoms with Crippen molar-refractivity contribution in [2.75, 3.05) is 23.9 Å². The highest BCUT2D eigenvalue weighted by Crippen LogP contribution is 2.44. The first kappa shape index (κ1) is 33.6. The van der Waals surface area contributed by atoms with E-state index in [0.717, 1.165) is 18.2 Å². The Hall–Kier alpha value is -5.72. The molecule has 3 amide bonds. The molecular formula is C35H32F3N5O5. The highest BCUT2D eigenvalue weighted by atomic mass is 19.4. The summed E-state index contributed by atoms with van der Waals surface area (Å²) in [4.78, 5) is 53.9. The number of para-hydroxylation sites is 1. The van der Waals surface area contributed by atoms with Crippen molar-refractivity contribution in [2.24, 2.45) is 0 Å². The molecule has 10 nitrogen and oxygen atoms in total. The second-order valence-electron chi connectivity index (χ2n) is 11.1. The van der Waals surface area contributed by atoms with Crippen LogP contribution in [0.25, 0.3) is 5.69 Å². The third-order valence-corrected chi connectivity index (χ3v) is 7.98. The Kier molecular flexibility index (Phi) is 9.50. The Morgan fingerprint density at radius 1 is 1.00 bits per heavy atom. The van der Waals surface area contributed by atoms with Crippen LogP contribution in [0.2, 0.25) is 0 Å². The molecule has 0 aliphatic carbocycles. The van der Waals surface area contributed by atoms with E-state index in [1.807, 2.05) is 30.3 Å². The quantitative estimate of drug-likeness (QED) is 0.179. The van der Waals surface area contributed by atoms with Gasteiger partial charge < -0.3 is 15.4 Å². The maximum Gasteiger partial charge on any atom is 0.416 e. The number of hydrogen-bond acceptors (Lipinski definition) is 6. The summed E-state index contributed by atoms with van der Waals surface area (Å²) in [6.07, 6.45) is -5.00. The van der Waals surface area contributed by atoms with Crippen LogP contribution in [-0.2, 0) is 25.3 Å². The average molecular weight is 660 g/mol. The summed E-state index contributed by atoms with van der Waals surface area (Å²) >= 11 is 0. The van der Waals surface area contributed by atoms with Crippen molar-refractivity contribution in [2.45, 2.75) is 38.4 Å². The van der Waals surface area contributed by atoms with E-state index in [1.54, 1.807) is 42.8 Å². The summed E-state index contributed by atoms with van der Waals surface area (Å²) in [6.45, 7) is 7.39. The second-order valence-corrected chi connectivity index (χ2v) is 11.1. The topological polar surface area (TPSA) is 123 Å². The molecule has 0 radical (unpaired) electrons. The maximum absolute atomic E-state index is 14.3. The number of aryl methyl sites for hydroxylation is 1. The van der Waals surface area contributed by atoms with Gasteiger partial charge in [0.05, 0.1) is 30.5 Å². The van der Waals surface area contributed by atoms with Gasteiger partial charge in [0.2, 0.25) is 0 Å². The first-order valence-electron chi connectivity index (χ1n) is 14.9. The number of methoxy groups -OCH3 is 1. The summed E-state index contributed by atoms with van der Waals surface area (Å²) in [5.74, 6) is -3.05. The number of fused-ring (bicyclic) bond motifs is 1. The number of esters is 1.